The van der Waals surface area contributed by atoms with E-state index in [-0.39, 0.29) is 24.1 Å². The van der Waals surface area contributed by atoms with Gasteiger partial charge in [0.2, 0.25) is 0 Å². The molecule has 0 aliphatic carbocycles. The van der Waals surface area contributed by atoms with Crippen molar-refractivity contribution in [2.75, 3.05) is 27.4 Å². The van der Waals surface area contributed by atoms with Crippen molar-refractivity contribution in [1.82, 2.24) is 0 Å². The molecule has 0 aliphatic rings. The van der Waals surface area contributed by atoms with Crippen molar-refractivity contribution in [3.8, 4) is 0 Å². The molecule has 0 saturated carbocycles. The van der Waals surface area contributed by atoms with Crippen LogP contribution in [0.2, 0.25) is 0 Å². The van der Waals surface area contributed by atoms with Crippen molar-refractivity contribution < 1.29 is 28.5 Å². The molecule has 0 radical (unpaired) electrons. The Bertz CT molecular complexity index is 324. The van der Waals surface area contributed by atoms with Crippen molar-refractivity contribution in [3.05, 3.63) is 0 Å². The highest BCUT2D eigenvalue weighted by Crippen LogP contribution is 2.10. The van der Waals surface area contributed by atoms with Crippen molar-refractivity contribution in [1.29, 1.82) is 0 Å². The molecule has 6 heteroatoms. The Balaban J connectivity index is 3.35. The predicted molar refractivity (Wildman–Crippen MR) is 101 cm³/mol. The summed E-state index contributed by atoms with van der Waals surface area (Å²) in [5.74, 6) is -0.252. The Kier molecular flexibility index (Phi) is 16.5. The Labute approximate surface area is 158 Å². The number of ether oxygens (including phenoxy) is 4. The van der Waals surface area contributed by atoms with Gasteiger partial charge in [-0.25, -0.2) is 0 Å². The third kappa shape index (κ3) is 16.3. The topological polar surface area (TPSA) is 71.1 Å². The van der Waals surface area contributed by atoms with Gasteiger partial charge in [-0.1, -0.05) is 25.7 Å². The van der Waals surface area contributed by atoms with Crippen LogP contribution < -0.4 is 0 Å². The van der Waals surface area contributed by atoms with E-state index in [1.165, 1.54) is 0 Å². The molecule has 26 heavy (non-hydrogen) atoms. The van der Waals surface area contributed by atoms with Crippen molar-refractivity contribution in [3.63, 3.8) is 0 Å². The summed E-state index contributed by atoms with van der Waals surface area (Å²) in [5, 5.41) is 0. The number of carbonyl (C=O) groups excluding carboxylic acids is 2. The molecule has 0 aliphatic heterocycles. The Morgan fingerprint density at radius 3 is 1.35 bits per heavy atom. The normalized spacial score (nSPS) is 13.2. The molecule has 0 amide bonds. The quantitative estimate of drug-likeness (QED) is 0.283. The average molecular weight is 375 g/mol. The first kappa shape index (κ1) is 24.9. The highest BCUT2D eigenvalue weighted by molar-refractivity contribution is 5.69. The van der Waals surface area contributed by atoms with Gasteiger partial charge in [-0.3, -0.25) is 9.59 Å². The van der Waals surface area contributed by atoms with Gasteiger partial charge in [0.15, 0.2) is 0 Å². The van der Waals surface area contributed by atoms with Crippen LogP contribution in [0, 0.1) is 0 Å². The predicted octanol–water partition coefficient (Wildman–Crippen LogP) is 4.04. The molecule has 0 aromatic heterocycles. The second kappa shape index (κ2) is 17.3. The smallest absolute Gasteiger partial charge is 0.305 e. The Morgan fingerprint density at radius 2 is 1.00 bits per heavy atom. The van der Waals surface area contributed by atoms with Crippen LogP contribution in [0.4, 0.5) is 0 Å². The lowest BCUT2D eigenvalue weighted by Gasteiger charge is -2.10. The number of hydrogen-bond donors (Lipinski definition) is 0. The van der Waals surface area contributed by atoms with Gasteiger partial charge in [-0.15, -0.1) is 0 Å². The van der Waals surface area contributed by atoms with Gasteiger partial charge in [-0.2, -0.15) is 0 Å². The van der Waals surface area contributed by atoms with Gasteiger partial charge >= 0.3 is 11.9 Å². The summed E-state index contributed by atoms with van der Waals surface area (Å²) in [6.07, 6.45) is 8.57. The number of rotatable bonds is 17. The van der Waals surface area contributed by atoms with Gasteiger partial charge in [0.05, 0.1) is 25.4 Å². The summed E-state index contributed by atoms with van der Waals surface area (Å²) in [5.41, 5.74) is 0. The van der Waals surface area contributed by atoms with Gasteiger partial charge in [0.1, 0.15) is 0 Å². The first-order chi connectivity index (χ1) is 12.5. The van der Waals surface area contributed by atoms with Crippen molar-refractivity contribution in [2.45, 2.75) is 90.3 Å². The molecule has 0 saturated heterocycles. The monoisotopic (exact) mass is 374 g/mol. The van der Waals surface area contributed by atoms with Gasteiger partial charge in [0, 0.05) is 39.9 Å². The van der Waals surface area contributed by atoms with Crippen LogP contribution in [0.5, 0.6) is 0 Å². The van der Waals surface area contributed by atoms with E-state index in [1.54, 1.807) is 14.2 Å². The van der Waals surface area contributed by atoms with E-state index in [1.807, 2.05) is 13.8 Å². The third-order valence-corrected chi connectivity index (χ3v) is 4.39. The number of esters is 2. The summed E-state index contributed by atoms with van der Waals surface area (Å²) in [6.45, 7) is 4.76. The summed E-state index contributed by atoms with van der Waals surface area (Å²) in [4.78, 5) is 23.1. The van der Waals surface area contributed by atoms with Crippen LogP contribution in [0.15, 0.2) is 0 Å². The highest BCUT2D eigenvalue weighted by Gasteiger charge is 2.06. The van der Waals surface area contributed by atoms with Crippen molar-refractivity contribution in [2.24, 2.45) is 0 Å². The minimum atomic E-state index is -0.126. The average Bonchev–Trinajstić information content (AvgIpc) is 2.63. The number of methoxy groups -OCH3 is 2. The maximum Gasteiger partial charge on any atom is 0.305 e. The van der Waals surface area contributed by atoms with Crippen LogP contribution in [0.1, 0.15) is 78.1 Å². The minimum absolute atomic E-state index is 0.119. The number of carbonyl (C=O) groups is 2. The van der Waals surface area contributed by atoms with E-state index in [0.717, 1.165) is 51.4 Å². The molecule has 0 aromatic rings. The van der Waals surface area contributed by atoms with E-state index >= 15 is 0 Å². The summed E-state index contributed by atoms with van der Waals surface area (Å²) in [6, 6.07) is 0. The molecule has 0 aromatic carbocycles. The van der Waals surface area contributed by atoms with E-state index < -0.39 is 0 Å². The fraction of sp³-hybridized carbons (Fsp3) is 0.900. The fourth-order valence-electron chi connectivity index (χ4n) is 2.30. The third-order valence-electron chi connectivity index (χ3n) is 4.39. The van der Waals surface area contributed by atoms with Crippen LogP contribution in [-0.2, 0) is 28.5 Å². The zero-order valence-electron chi connectivity index (χ0n) is 17.1. The van der Waals surface area contributed by atoms with E-state index in [9.17, 15) is 9.59 Å². The zero-order valence-corrected chi connectivity index (χ0v) is 17.1. The summed E-state index contributed by atoms with van der Waals surface area (Å²) < 4.78 is 20.5. The molecule has 6 nitrogen and oxygen atoms in total. The van der Waals surface area contributed by atoms with Gasteiger partial charge in [-0.05, 0) is 26.7 Å². The fourth-order valence-corrected chi connectivity index (χ4v) is 2.30. The number of hydrogen-bond acceptors (Lipinski definition) is 6. The molecule has 0 spiro atoms. The first-order valence-electron chi connectivity index (χ1n) is 9.86. The first-order valence-corrected chi connectivity index (χ1v) is 9.86. The van der Waals surface area contributed by atoms with Crippen LogP contribution in [-0.4, -0.2) is 51.6 Å². The second-order valence-corrected chi connectivity index (χ2v) is 6.73. The lowest BCUT2D eigenvalue weighted by atomic mass is 10.1. The summed E-state index contributed by atoms with van der Waals surface area (Å²) in [7, 11) is 3.30. The number of unbranched alkanes of at least 4 members (excludes halogenated alkanes) is 5. The Hall–Kier alpha value is -1.14. The lowest BCUT2D eigenvalue weighted by molar-refractivity contribution is -0.145. The van der Waals surface area contributed by atoms with Crippen LogP contribution in [0.3, 0.4) is 0 Å². The molecule has 154 valence electrons. The van der Waals surface area contributed by atoms with Gasteiger partial charge < -0.3 is 18.9 Å². The van der Waals surface area contributed by atoms with E-state index in [4.69, 9.17) is 18.9 Å². The molecular formula is C20H38O6. The van der Waals surface area contributed by atoms with Crippen LogP contribution >= 0.6 is 0 Å². The van der Waals surface area contributed by atoms with Crippen molar-refractivity contribution >= 4 is 11.9 Å². The van der Waals surface area contributed by atoms with E-state index in [0.29, 0.717) is 26.1 Å². The highest BCUT2D eigenvalue weighted by atomic mass is 16.5. The van der Waals surface area contributed by atoms with Gasteiger partial charge in [0.25, 0.3) is 0 Å². The molecule has 0 fully saturated rings. The second-order valence-electron chi connectivity index (χ2n) is 6.73. The standard InChI is InChI=1S/C20H38O6/c1-17(23-3)13-15-25-19(21)11-9-7-5-6-8-10-12-20(22)26-16-14-18(2)24-4/h17-18H,5-16H2,1-4H3. The van der Waals surface area contributed by atoms with E-state index in [2.05, 4.69) is 0 Å². The molecule has 2 atom stereocenters. The summed E-state index contributed by atoms with van der Waals surface area (Å²) >= 11 is 0. The molecule has 0 bridgehead atoms. The zero-order chi connectivity index (χ0) is 19.6. The molecule has 0 heterocycles. The Morgan fingerprint density at radius 1 is 0.654 bits per heavy atom. The minimum Gasteiger partial charge on any atom is -0.466 e. The maximum atomic E-state index is 11.5. The molecular weight excluding hydrogens is 336 g/mol. The lowest BCUT2D eigenvalue weighted by Crippen LogP contribution is -2.12. The molecule has 0 N–H and O–H groups in total. The molecule has 2 unspecified atom stereocenters. The largest absolute Gasteiger partial charge is 0.466 e. The maximum absolute atomic E-state index is 11.5. The van der Waals surface area contributed by atoms with Crippen LogP contribution in [0.25, 0.3) is 0 Å². The molecule has 0 rings (SSSR count). The SMILES string of the molecule is COC(C)CCOC(=O)CCCCCCCCC(=O)OCCC(C)OC.